The molecule has 0 aliphatic carbocycles. The van der Waals surface area contributed by atoms with Gasteiger partial charge in [-0.1, -0.05) is 12.1 Å². The summed E-state index contributed by atoms with van der Waals surface area (Å²) in [4.78, 5) is 9.95. The fraction of sp³-hybridized carbons (Fsp3) is 0.500. The van der Waals surface area contributed by atoms with Crippen molar-refractivity contribution in [3.63, 3.8) is 0 Å². The summed E-state index contributed by atoms with van der Waals surface area (Å²) in [6.07, 6.45) is 1.59. The van der Waals surface area contributed by atoms with Gasteiger partial charge in [0.1, 0.15) is 0 Å². The van der Waals surface area contributed by atoms with Crippen LogP contribution in [0.2, 0.25) is 0 Å². The molecular formula is C12H18ClN3O4S. The zero-order valence-corrected chi connectivity index (χ0v) is 13.1. The van der Waals surface area contributed by atoms with Crippen LogP contribution >= 0.6 is 12.4 Å². The van der Waals surface area contributed by atoms with Gasteiger partial charge in [0.2, 0.25) is 10.0 Å². The number of halogens is 1. The van der Waals surface area contributed by atoms with Gasteiger partial charge in [-0.2, -0.15) is 0 Å². The average molecular weight is 336 g/mol. The minimum Gasteiger partial charge on any atom is -0.313 e. The number of sulfonamides is 1. The first-order valence-corrected chi connectivity index (χ1v) is 7.89. The van der Waals surface area contributed by atoms with E-state index >= 15 is 0 Å². The summed E-state index contributed by atoms with van der Waals surface area (Å²) >= 11 is 0. The lowest BCUT2D eigenvalue weighted by Gasteiger charge is -2.30. The van der Waals surface area contributed by atoms with E-state index in [2.05, 4.69) is 10.0 Å². The lowest BCUT2D eigenvalue weighted by molar-refractivity contribution is -0.387. The molecular weight excluding hydrogens is 318 g/mol. The third-order valence-corrected chi connectivity index (χ3v) is 4.96. The standard InChI is InChI=1S/C12H17N3O4S.ClH/c1-9-10(5-4-8-13-9)14-20(18,19)12-7-3-2-6-11(12)15(16)17;/h2-3,6-7,9-10,13-14H,4-5,8H2,1H3;1H. The van der Waals surface area contributed by atoms with E-state index in [1.165, 1.54) is 24.3 Å². The molecule has 2 atom stereocenters. The molecule has 0 bridgehead atoms. The van der Waals surface area contributed by atoms with E-state index in [1.54, 1.807) is 0 Å². The SMILES string of the molecule is CC1NCCCC1NS(=O)(=O)c1ccccc1[N+](=O)[O-].Cl. The van der Waals surface area contributed by atoms with Crippen molar-refractivity contribution in [1.82, 2.24) is 10.0 Å². The molecule has 1 aliphatic rings. The lowest BCUT2D eigenvalue weighted by Crippen LogP contribution is -2.51. The number of nitro groups is 1. The lowest BCUT2D eigenvalue weighted by atomic mass is 10.0. The summed E-state index contributed by atoms with van der Waals surface area (Å²) in [6.45, 7) is 2.75. The summed E-state index contributed by atoms with van der Waals surface area (Å²) in [5.74, 6) is 0. The summed E-state index contributed by atoms with van der Waals surface area (Å²) in [6, 6.07) is 5.11. The number of rotatable bonds is 4. The second kappa shape index (κ2) is 7.17. The highest BCUT2D eigenvalue weighted by molar-refractivity contribution is 7.89. The molecule has 9 heteroatoms. The summed E-state index contributed by atoms with van der Waals surface area (Å²) in [7, 11) is -3.90. The van der Waals surface area contributed by atoms with Crippen LogP contribution in [-0.4, -0.2) is 32.0 Å². The Morgan fingerprint density at radius 3 is 2.67 bits per heavy atom. The predicted molar refractivity (Wildman–Crippen MR) is 81.2 cm³/mol. The van der Waals surface area contributed by atoms with Gasteiger partial charge in [-0.05, 0) is 32.4 Å². The van der Waals surface area contributed by atoms with Crippen molar-refractivity contribution in [3.8, 4) is 0 Å². The number of piperidine rings is 1. The second-order valence-electron chi connectivity index (χ2n) is 4.84. The molecule has 0 amide bonds. The van der Waals surface area contributed by atoms with E-state index in [0.717, 1.165) is 13.0 Å². The minimum absolute atomic E-state index is 0. The molecule has 2 N–H and O–H groups in total. The van der Waals surface area contributed by atoms with Gasteiger partial charge in [0.05, 0.1) is 4.92 Å². The number of para-hydroxylation sites is 1. The van der Waals surface area contributed by atoms with E-state index < -0.39 is 20.6 Å². The summed E-state index contributed by atoms with van der Waals surface area (Å²) < 4.78 is 27.2. The van der Waals surface area contributed by atoms with Gasteiger partial charge in [0.15, 0.2) is 4.90 Å². The Kier molecular flexibility index (Phi) is 6.09. The van der Waals surface area contributed by atoms with Crippen LogP contribution in [0.15, 0.2) is 29.2 Å². The summed E-state index contributed by atoms with van der Waals surface area (Å²) in [5, 5.41) is 14.1. The molecule has 0 radical (unpaired) electrons. The van der Waals surface area contributed by atoms with Crippen LogP contribution in [-0.2, 0) is 10.0 Å². The number of hydrogen-bond acceptors (Lipinski definition) is 5. The molecule has 2 rings (SSSR count). The van der Waals surface area contributed by atoms with E-state index in [0.29, 0.717) is 6.42 Å². The molecule has 1 aliphatic heterocycles. The topological polar surface area (TPSA) is 101 Å². The molecule has 0 spiro atoms. The molecule has 1 heterocycles. The van der Waals surface area contributed by atoms with Crippen molar-refractivity contribution in [2.24, 2.45) is 0 Å². The van der Waals surface area contributed by atoms with Crippen LogP contribution in [0.5, 0.6) is 0 Å². The van der Waals surface area contributed by atoms with E-state index in [-0.39, 0.29) is 29.4 Å². The van der Waals surface area contributed by atoms with Crippen molar-refractivity contribution in [1.29, 1.82) is 0 Å². The van der Waals surface area contributed by atoms with Crippen LogP contribution in [0.1, 0.15) is 19.8 Å². The first-order chi connectivity index (χ1) is 9.42. The van der Waals surface area contributed by atoms with Crippen LogP contribution in [0, 0.1) is 10.1 Å². The number of benzene rings is 1. The fourth-order valence-corrected chi connectivity index (χ4v) is 3.83. The van der Waals surface area contributed by atoms with Gasteiger partial charge >= 0.3 is 0 Å². The Hall–Kier alpha value is -1.22. The third-order valence-electron chi connectivity index (χ3n) is 3.42. The van der Waals surface area contributed by atoms with Crippen molar-refractivity contribution >= 4 is 28.1 Å². The van der Waals surface area contributed by atoms with Gasteiger partial charge in [-0.25, -0.2) is 13.1 Å². The van der Waals surface area contributed by atoms with Gasteiger partial charge in [-0.3, -0.25) is 10.1 Å². The van der Waals surface area contributed by atoms with Crippen LogP contribution in [0.4, 0.5) is 5.69 Å². The van der Waals surface area contributed by atoms with E-state index in [4.69, 9.17) is 0 Å². The molecule has 118 valence electrons. The minimum atomic E-state index is -3.90. The molecule has 1 saturated heterocycles. The maximum Gasteiger partial charge on any atom is 0.289 e. The van der Waals surface area contributed by atoms with Crippen LogP contribution in [0.25, 0.3) is 0 Å². The van der Waals surface area contributed by atoms with Gasteiger partial charge in [0.25, 0.3) is 5.69 Å². The average Bonchev–Trinajstić information content (AvgIpc) is 2.41. The van der Waals surface area contributed by atoms with Crippen molar-refractivity contribution in [2.45, 2.75) is 36.7 Å². The van der Waals surface area contributed by atoms with Crippen molar-refractivity contribution < 1.29 is 13.3 Å². The first-order valence-electron chi connectivity index (χ1n) is 6.41. The number of nitro benzene ring substituents is 1. The Labute approximate surface area is 129 Å². The summed E-state index contributed by atoms with van der Waals surface area (Å²) in [5.41, 5.74) is -0.406. The number of nitrogens with one attached hydrogen (secondary N) is 2. The zero-order chi connectivity index (χ0) is 14.8. The van der Waals surface area contributed by atoms with Crippen molar-refractivity contribution in [2.75, 3.05) is 6.54 Å². The predicted octanol–water partition coefficient (Wildman–Crippen LogP) is 1.44. The Bertz CT molecular complexity index is 608. The van der Waals surface area contributed by atoms with Crippen molar-refractivity contribution in [3.05, 3.63) is 34.4 Å². The molecule has 7 nitrogen and oxygen atoms in total. The molecule has 1 aromatic rings. The number of hydrogen-bond donors (Lipinski definition) is 2. The maximum atomic E-state index is 12.3. The highest BCUT2D eigenvalue weighted by Crippen LogP contribution is 2.23. The van der Waals surface area contributed by atoms with Gasteiger partial charge in [-0.15, -0.1) is 12.4 Å². The van der Waals surface area contributed by atoms with Gasteiger partial charge in [0, 0.05) is 18.2 Å². The molecule has 1 aromatic carbocycles. The normalized spacial score (nSPS) is 22.3. The quantitative estimate of drug-likeness (QED) is 0.640. The van der Waals surface area contributed by atoms with E-state index in [9.17, 15) is 18.5 Å². The fourth-order valence-electron chi connectivity index (χ4n) is 2.30. The monoisotopic (exact) mass is 335 g/mol. The van der Waals surface area contributed by atoms with Crippen LogP contribution < -0.4 is 10.0 Å². The molecule has 1 fully saturated rings. The first kappa shape index (κ1) is 17.8. The highest BCUT2D eigenvalue weighted by Gasteiger charge is 2.30. The largest absolute Gasteiger partial charge is 0.313 e. The highest BCUT2D eigenvalue weighted by atomic mass is 35.5. The van der Waals surface area contributed by atoms with Crippen LogP contribution in [0.3, 0.4) is 0 Å². The van der Waals surface area contributed by atoms with E-state index in [1.807, 2.05) is 6.92 Å². The molecule has 0 saturated carbocycles. The molecule has 0 aromatic heterocycles. The maximum absolute atomic E-state index is 12.3. The smallest absolute Gasteiger partial charge is 0.289 e. The Balaban J connectivity index is 0.00000220. The number of nitrogens with zero attached hydrogens (tertiary/aromatic N) is 1. The Morgan fingerprint density at radius 1 is 1.38 bits per heavy atom. The third kappa shape index (κ3) is 4.13. The Morgan fingerprint density at radius 2 is 2.05 bits per heavy atom. The van der Waals surface area contributed by atoms with Gasteiger partial charge < -0.3 is 5.32 Å². The second-order valence-corrected chi connectivity index (χ2v) is 6.52. The molecule has 2 unspecified atom stereocenters. The zero-order valence-electron chi connectivity index (χ0n) is 11.5. The molecule has 21 heavy (non-hydrogen) atoms.